The van der Waals surface area contributed by atoms with Gasteiger partial charge in [-0.25, -0.2) is 0 Å². The molecule has 11 heavy (non-hydrogen) atoms. The van der Waals surface area contributed by atoms with Gasteiger partial charge in [0.15, 0.2) is 0 Å². The first-order valence-electron chi connectivity index (χ1n) is 4.09. The lowest BCUT2D eigenvalue weighted by atomic mass is 10.1. The predicted molar refractivity (Wildman–Crippen MR) is 52.6 cm³/mol. The molecule has 0 aromatic rings. The molecule has 0 atom stereocenters. The van der Waals surface area contributed by atoms with E-state index in [4.69, 9.17) is 0 Å². The van der Waals surface area contributed by atoms with E-state index >= 15 is 0 Å². The van der Waals surface area contributed by atoms with Crippen LogP contribution in [-0.4, -0.2) is 0 Å². The van der Waals surface area contributed by atoms with Crippen LogP contribution < -0.4 is 0 Å². The highest BCUT2D eigenvalue weighted by Gasteiger charge is 1.91. The van der Waals surface area contributed by atoms with E-state index in [0.29, 0.717) is 0 Å². The largest absolute Gasteiger partial charge is 0.103 e. The van der Waals surface area contributed by atoms with Crippen LogP contribution in [-0.2, 0) is 0 Å². The Balaban J connectivity index is 4.03. The number of rotatable bonds is 4. The van der Waals surface area contributed by atoms with Crippen molar-refractivity contribution in [2.45, 2.75) is 33.6 Å². The van der Waals surface area contributed by atoms with Gasteiger partial charge >= 0.3 is 0 Å². The van der Waals surface area contributed by atoms with Crippen molar-refractivity contribution < 1.29 is 0 Å². The molecule has 0 aromatic carbocycles. The van der Waals surface area contributed by atoms with Crippen molar-refractivity contribution in [2.75, 3.05) is 0 Å². The molecule has 0 rings (SSSR count). The third-order valence-corrected chi connectivity index (χ3v) is 1.84. The van der Waals surface area contributed by atoms with E-state index in [9.17, 15) is 0 Å². The summed E-state index contributed by atoms with van der Waals surface area (Å²) in [5.41, 5.74) is 2.90. The van der Waals surface area contributed by atoms with Gasteiger partial charge < -0.3 is 0 Å². The monoisotopic (exact) mass is 150 g/mol. The molecule has 0 heterocycles. The molecule has 0 radical (unpaired) electrons. The highest BCUT2D eigenvalue weighted by molar-refractivity contribution is 5.15. The smallest absolute Gasteiger partial charge is 0.0139 e. The van der Waals surface area contributed by atoms with Gasteiger partial charge in [-0.15, -0.1) is 6.58 Å². The zero-order chi connectivity index (χ0) is 8.69. The predicted octanol–water partition coefficient (Wildman–Crippen LogP) is 3.87. The fraction of sp³-hybridized carbons (Fsp3) is 0.455. The van der Waals surface area contributed by atoms with Gasteiger partial charge in [-0.05, 0) is 33.6 Å². The zero-order valence-corrected chi connectivity index (χ0v) is 7.85. The second kappa shape index (κ2) is 5.96. The molecule has 0 aliphatic heterocycles. The lowest BCUT2D eigenvalue weighted by Gasteiger charge is -2.01. The van der Waals surface area contributed by atoms with Crippen molar-refractivity contribution in [3.63, 3.8) is 0 Å². The molecule has 62 valence electrons. The average molecular weight is 150 g/mol. The summed E-state index contributed by atoms with van der Waals surface area (Å²) in [5.74, 6) is 0. The van der Waals surface area contributed by atoms with E-state index in [0.717, 1.165) is 12.8 Å². The van der Waals surface area contributed by atoms with E-state index in [1.807, 2.05) is 6.08 Å². The second-order valence-electron chi connectivity index (χ2n) is 2.83. The van der Waals surface area contributed by atoms with E-state index in [2.05, 4.69) is 39.5 Å². The van der Waals surface area contributed by atoms with Crippen LogP contribution in [0.25, 0.3) is 0 Å². The molecule has 0 aliphatic carbocycles. The summed E-state index contributed by atoms with van der Waals surface area (Å²) < 4.78 is 0. The van der Waals surface area contributed by atoms with Gasteiger partial charge in [-0.3, -0.25) is 0 Å². The van der Waals surface area contributed by atoms with Gasteiger partial charge in [0.25, 0.3) is 0 Å². The molecule has 0 saturated heterocycles. The van der Waals surface area contributed by atoms with Gasteiger partial charge in [-0.2, -0.15) is 0 Å². The molecule has 0 bridgehead atoms. The molecule has 0 aromatic heterocycles. The molecule has 0 unspecified atom stereocenters. The summed E-state index contributed by atoms with van der Waals surface area (Å²) in [6, 6.07) is 0. The third-order valence-electron chi connectivity index (χ3n) is 1.84. The van der Waals surface area contributed by atoms with Gasteiger partial charge in [0.05, 0.1) is 0 Å². The molecule has 0 spiro atoms. The minimum absolute atomic E-state index is 1.02. The Morgan fingerprint density at radius 3 is 2.18 bits per heavy atom. The van der Waals surface area contributed by atoms with Gasteiger partial charge in [0, 0.05) is 0 Å². The second-order valence-corrected chi connectivity index (χ2v) is 2.83. The Labute approximate surface area is 70.3 Å². The molecule has 0 N–H and O–H groups in total. The molecular weight excluding hydrogens is 132 g/mol. The molecule has 0 aliphatic rings. The average Bonchev–Trinajstić information content (AvgIpc) is 2.00. The van der Waals surface area contributed by atoms with Crippen LogP contribution in [0.2, 0.25) is 0 Å². The van der Waals surface area contributed by atoms with E-state index in [1.165, 1.54) is 11.1 Å². The van der Waals surface area contributed by atoms with Crippen LogP contribution in [0.1, 0.15) is 33.6 Å². The molecule has 0 saturated carbocycles. The minimum Gasteiger partial charge on any atom is -0.103 e. The Kier molecular flexibility index (Phi) is 5.54. The highest BCUT2D eigenvalue weighted by Crippen LogP contribution is 2.11. The molecule has 0 heteroatoms. The van der Waals surface area contributed by atoms with Crippen LogP contribution >= 0.6 is 0 Å². The number of hydrogen-bond acceptors (Lipinski definition) is 0. The molecule has 0 fully saturated rings. The molecule has 0 nitrogen and oxygen atoms in total. The summed E-state index contributed by atoms with van der Waals surface area (Å²) in [6.45, 7) is 10.1. The van der Waals surface area contributed by atoms with Gasteiger partial charge in [0.2, 0.25) is 0 Å². The van der Waals surface area contributed by atoms with Crippen molar-refractivity contribution in [3.05, 3.63) is 36.0 Å². The Bertz CT molecular complexity index is 170. The van der Waals surface area contributed by atoms with Crippen LogP contribution in [0.5, 0.6) is 0 Å². The minimum atomic E-state index is 1.02. The van der Waals surface area contributed by atoms with Crippen molar-refractivity contribution in [3.8, 4) is 0 Å². The summed E-state index contributed by atoms with van der Waals surface area (Å²) >= 11 is 0. The zero-order valence-electron chi connectivity index (χ0n) is 7.85. The number of allylic oxidation sites excluding steroid dienone is 5. The van der Waals surface area contributed by atoms with E-state index in [-0.39, 0.29) is 0 Å². The molecule has 0 amide bonds. The molecular formula is C11H18. The van der Waals surface area contributed by atoms with Gasteiger partial charge in [0.1, 0.15) is 0 Å². The summed E-state index contributed by atoms with van der Waals surface area (Å²) in [7, 11) is 0. The van der Waals surface area contributed by atoms with Crippen LogP contribution in [0, 0.1) is 0 Å². The van der Waals surface area contributed by atoms with Crippen LogP contribution in [0.3, 0.4) is 0 Å². The SMILES string of the molecule is C=CC/C(C)=C(\C)C/C=C/C. The van der Waals surface area contributed by atoms with Crippen molar-refractivity contribution in [2.24, 2.45) is 0 Å². The fourth-order valence-corrected chi connectivity index (χ4v) is 0.860. The van der Waals surface area contributed by atoms with E-state index < -0.39 is 0 Å². The quantitative estimate of drug-likeness (QED) is 0.534. The first-order chi connectivity index (χ1) is 5.22. The third kappa shape index (κ3) is 4.60. The van der Waals surface area contributed by atoms with Crippen LogP contribution in [0.15, 0.2) is 36.0 Å². The normalized spacial score (nSPS) is 13.4. The maximum Gasteiger partial charge on any atom is -0.0139 e. The number of hydrogen-bond donors (Lipinski definition) is 0. The van der Waals surface area contributed by atoms with Crippen molar-refractivity contribution in [1.82, 2.24) is 0 Å². The maximum absolute atomic E-state index is 3.71. The van der Waals surface area contributed by atoms with E-state index in [1.54, 1.807) is 0 Å². The first-order valence-corrected chi connectivity index (χ1v) is 4.09. The highest BCUT2D eigenvalue weighted by atomic mass is 14.0. The Morgan fingerprint density at radius 1 is 1.18 bits per heavy atom. The maximum atomic E-state index is 3.71. The fourth-order valence-electron chi connectivity index (χ4n) is 0.860. The summed E-state index contributed by atoms with van der Waals surface area (Å²) in [6.07, 6.45) is 8.32. The van der Waals surface area contributed by atoms with Crippen LogP contribution in [0.4, 0.5) is 0 Å². The standard InChI is InChI=1S/C11H18/c1-5-7-9-11(4)10(3)8-6-2/h5-7H,2,8-9H2,1,3-4H3/b7-5+,11-10+. The lowest BCUT2D eigenvalue weighted by Crippen LogP contribution is -1.81. The summed E-state index contributed by atoms with van der Waals surface area (Å²) in [5, 5.41) is 0. The Hall–Kier alpha value is -0.780. The Morgan fingerprint density at radius 2 is 1.73 bits per heavy atom. The topological polar surface area (TPSA) is 0 Å². The van der Waals surface area contributed by atoms with Crippen molar-refractivity contribution >= 4 is 0 Å². The lowest BCUT2D eigenvalue weighted by molar-refractivity contribution is 1.08. The van der Waals surface area contributed by atoms with Gasteiger partial charge in [-0.1, -0.05) is 29.4 Å². The first kappa shape index (κ1) is 10.2. The van der Waals surface area contributed by atoms with Crippen molar-refractivity contribution in [1.29, 1.82) is 0 Å². The summed E-state index contributed by atoms with van der Waals surface area (Å²) in [4.78, 5) is 0.